The first kappa shape index (κ1) is 15.9. The number of carbonyl (C=O) groups is 1. The van der Waals surface area contributed by atoms with E-state index in [0.717, 1.165) is 6.92 Å². The summed E-state index contributed by atoms with van der Waals surface area (Å²) in [5.74, 6) is -1.08. The van der Waals surface area contributed by atoms with Crippen molar-refractivity contribution in [1.82, 2.24) is 0 Å². The van der Waals surface area contributed by atoms with E-state index in [-0.39, 0.29) is 35.6 Å². The molecule has 0 radical (unpaired) electrons. The number of carboxylic acid groups (broad SMARTS) is 1. The zero-order valence-corrected chi connectivity index (χ0v) is 8.23. The summed E-state index contributed by atoms with van der Waals surface area (Å²) in [7, 11) is 0. The van der Waals surface area contributed by atoms with E-state index in [0.29, 0.717) is 0 Å². The Bertz CT molecular complexity index is 73.0. The zero-order valence-electron chi connectivity index (χ0n) is 4.60. The molecule has 0 aliphatic carbocycles. The van der Waals surface area contributed by atoms with Crippen molar-refractivity contribution < 1.29 is 55.8 Å². The average molecular weight is 261 g/mol. The van der Waals surface area contributed by atoms with E-state index in [1.54, 1.807) is 0 Å². The number of hydrogen-bond donors (Lipinski definition) is 1. The maximum Gasteiger partial charge on any atom is 3.00 e. The van der Waals surface area contributed by atoms with Gasteiger partial charge in [-0.25, -0.2) is 0 Å². The van der Waals surface area contributed by atoms with Crippen LogP contribution in [0, 0.1) is 45.7 Å². The molecule has 0 unspecified atom stereocenters. The van der Waals surface area contributed by atoms with Crippen LogP contribution in [0.3, 0.4) is 0 Å². The van der Waals surface area contributed by atoms with Gasteiger partial charge in [-0.3, -0.25) is 0 Å². The normalized spacial score (nSPS) is 5.44. The van der Waals surface area contributed by atoms with Crippen LogP contribution in [0.25, 0.3) is 0 Å². The Hall–Kier alpha value is -0.135. The molecule has 0 aliphatic rings. The molecular weight excluding hydrogens is 257 g/mol. The smallest absolute Gasteiger partial charge is 0.550 e. The second-order valence-electron chi connectivity index (χ2n) is 0.729. The Morgan fingerprint density at radius 3 is 1.67 bits per heavy atom. The SMILES string of the molecule is CC(=O)[O-].O=[N+]([O-])O.[La+3]. The van der Waals surface area contributed by atoms with Crippen molar-refractivity contribution in [3.63, 3.8) is 0 Å². The third kappa shape index (κ3) is 14800. The van der Waals surface area contributed by atoms with E-state index in [9.17, 15) is 0 Å². The first-order valence-electron chi connectivity index (χ1n) is 1.47. The minimum atomic E-state index is -1.50. The summed E-state index contributed by atoms with van der Waals surface area (Å²) in [5, 5.41) is 22.5. The van der Waals surface area contributed by atoms with Gasteiger partial charge in [-0.1, -0.05) is 0 Å². The predicted molar refractivity (Wildman–Crippen MR) is 19.5 cm³/mol. The van der Waals surface area contributed by atoms with Crippen LogP contribution < -0.4 is 5.11 Å². The summed E-state index contributed by atoms with van der Waals surface area (Å²) in [6, 6.07) is 0. The maximum atomic E-state index is 8.89. The molecule has 0 aromatic rings. The minimum absolute atomic E-state index is 0. The molecule has 0 amide bonds. The van der Waals surface area contributed by atoms with Gasteiger partial charge in [0.2, 0.25) is 0 Å². The van der Waals surface area contributed by atoms with Crippen LogP contribution >= 0.6 is 0 Å². The summed E-state index contributed by atoms with van der Waals surface area (Å²) in [6.45, 7) is 0.972. The molecule has 0 atom stereocenters. The van der Waals surface area contributed by atoms with E-state index in [2.05, 4.69) is 0 Å². The van der Waals surface area contributed by atoms with Crippen molar-refractivity contribution >= 4 is 5.97 Å². The Kier molecular flexibility index (Phi) is 19.1. The van der Waals surface area contributed by atoms with Crippen molar-refractivity contribution in [2.45, 2.75) is 6.92 Å². The molecule has 0 aromatic carbocycles. The van der Waals surface area contributed by atoms with Gasteiger partial charge < -0.3 is 15.1 Å². The molecule has 7 heteroatoms. The van der Waals surface area contributed by atoms with Crippen molar-refractivity contribution in [2.24, 2.45) is 0 Å². The van der Waals surface area contributed by atoms with Crippen LogP contribution in [-0.2, 0) is 4.79 Å². The van der Waals surface area contributed by atoms with Gasteiger partial charge >= 0.3 is 35.6 Å². The molecular formula is C2H4LaNO5+2. The Labute approximate surface area is 78.6 Å². The summed E-state index contributed by atoms with van der Waals surface area (Å²) in [4.78, 5) is 17.2. The topological polar surface area (TPSA) is 104 Å². The summed E-state index contributed by atoms with van der Waals surface area (Å²) in [6.07, 6.45) is 0. The van der Waals surface area contributed by atoms with Gasteiger partial charge in [-0.15, -0.1) is 10.1 Å². The number of carboxylic acids is 1. The van der Waals surface area contributed by atoms with E-state index in [4.69, 9.17) is 25.2 Å². The van der Waals surface area contributed by atoms with Crippen LogP contribution in [0.1, 0.15) is 6.92 Å². The monoisotopic (exact) mass is 261 g/mol. The Balaban J connectivity index is -0.0000000720. The number of aliphatic carboxylic acids is 1. The molecule has 48 valence electrons. The summed E-state index contributed by atoms with van der Waals surface area (Å²) >= 11 is 0. The van der Waals surface area contributed by atoms with Crippen LogP contribution in [-0.4, -0.2) is 16.3 Å². The Morgan fingerprint density at radius 1 is 1.67 bits per heavy atom. The third-order valence-electron chi connectivity index (χ3n) is 0. The second kappa shape index (κ2) is 10.8. The molecule has 0 bridgehead atoms. The van der Waals surface area contributed by atoms with Crippen molar-refractivity contribution in [2.75, 3.05) is 0 Å². The number of hydrogen-bond acceptors (Lipinski definition) is 4. The number of nitrogens with zero attached hydrogens (tertiary/aromatic N) is 1. The maximum absolute atomic E-state index is 8.89. The predicted octanol–water partition coefficient (Wildman–Crippen LogP) is -1.59. The van der Waals surface area contributed by atoms with Crippen LogP contribution in [0.5, 0.6) is 0 Å². The van der Waals surface area contributed by atoms with Gasteiger partial charge in [-0.05, 0) is 6.92 Å². The van der Waals surface area contributed by atoms with Gasteiger partial charge in [0, 0.05) is 5.97 Å². The second-order valence-corrected chi connectivity index (χ2v) is 0.729. The van der Waals surface area contributed by atoms with Gasteiger partial charge in [0.1, 0.15) is 0 Å². The Morgan fingerprint density at radius 2 is 1.67 bits per heavy atom. The summed E-state index contributed by atoms with van der Waals surface area (Å²) in [5.41, 5.74) is 0. The average Bonchev–Trinajstić information content (AvgIpc) is 1.25. The van der Waals surface area contributed by atoms with Crippen molar-refractivity contribution in [3.05, 3.63) is 10.1 Å². The number of rotatable bonds is 0. The zero-order chi connectivity index (χ0) is 7.15. The van der Waals surface area contributed by atoms with Crippen LogP contribution in [0.2, 0.25) is 0 Å². The van der Waals surface area contributed by atoms with E-state index >= 15 is 0 Å². The van der Waals surface area contributed by atoms with Crippen LogP contribution in [0.15, 0.2) is 0 Å². The van der Waals surface area contributed by atoms with E-state index < -0.39 is 11.1 Å². The fourth-order valence-corrected chi connectivity index (χ4v) is 0. The molecule has 0 saturated heterocycles. The van der Waals surface area contributed by atoms with Crippen molar-refractivity contribution in [1.29, 1.82) is 0 Å². The van der Waals surface area contributed by atoms with Gasteiger partial charge in [0.15, 0.2) is 0 Å². The largest absolute Gasteiger partial charge is 3.00 e. The molecule has 0 heterocycles. The fourth-order valence-electron chi connectivity index (χ4n) is 0. The van der Waals surface area contributed by atoms with Gasteiger partial charge in [0.25, 0.3) is 5.09 Å². The molecule has 0 aliphatic heterocycles. The molecule has 0 saturated carbocycles. The van der Waals surface area contributed by atoms with Crippen LogP contribution in [0.4, 0.5) is 0 Å². The molecule has 0 aromatic heterocycles. The van der Waals surface area contributed by atoms with Crippen molar-refractivity contribution in [3.8, 4) is 0 Å². The van der Waals surface area contributed by atoms with E-state index in [1.165, 1.54) is 0 Å². The fraction of sp³-hybridized carbons (Fsp3) is 0.500. The van der Waals surface area contributed by atoms with Gasteiger partial charge in [0.05, 0.1) is 0 Å². The molecule has 0 fully saturated rings. The van der Waals surface area contributed by atoms with E-state index in [1.807, 2.05) is 0 Å². The third-order valence-corrected chi connectivity index (χ3v) is 0. The molecule has 1 N–H and O–H groups in total. The molecule has 0 spiro atoms. The standard InChI is InChI=1S/C2H4O2.La.HNO3/c1-2(3)4;;2-1(3)4/h1H3,(H,3,4);;(H,2,3,4)/q;+3;/p-1. The minimum Gasteiger partial charge on any atom is -0.550 e. The first-order chi connectivity index (χ1) is 3.46. The molecule has 6 nitrogen and oxygen atoms in total. The van der Waals surface area contributed by atoms with Gasteiger partial charge in [-0.2, -0.15) is 0 Å². The quantitative estimate of drug-likeness (QED) is 0.418. The summed E-state index contributed by atoms with van der Waals surface area (Å²) < 4.78 is 0. The molecule has 0 rings (SSSR count). The first-order valence-corrected chi connectivity index (χ1v) is 1.47. The number of carbonyl (C=O) groups excluding carboxylic acids is 1. The molecule has 9 heavy (non-hydrogen) atoms.